The SMILES string of the molecule is COc1cc(-c2cnn(C)c2C)ccc1N. The molecule has 0 radical (unpaired) electrons. The minimum absolute atomic E-state index is 0.646. The molecule has 4 nitrogen and oxygen atoms in total. The van der Waals surface area contributed by atoms with Crippen molar-refractivity contribution in [3.63, 3.8) is 0 Å². The molecular formula is C12H15N3O. The number of anilines is 1. The van der Waals surface area contributed by atoms with Crippen LogP contribution in [0.3, 0.4) is 0 Å². The largest absolute Gasteiger partial charge is 0.495 e. The van der Waals surface area contributed by atoms with E-state index >= 15 is 0 Å². The number of aryl methyl sites for hydroxylation is 1. The van der Waals surface area contributed by atoms with E-state index in [2.05, 4.69) is 5.10 Å². The number of benzene rings is 1. The molecule has 1 aromatic heterocycles. The van der Waals surface area contributed by atoms with Gasteiger partial charge in [-0.2, -0.15) is 5.10 Å². The molecule has 0 fully saturated rings. The zero-order valence-electron chi connectivity index (χ0n) is 9.69. The lowest BCUT2D eigenvalue weighted by Gasteiger charge is -2.07. The van der Waals surface area contributed by atoms with Crippen molar-refractivity contribution in [2.45, 2.75) is 6.92 Å². The van der Waals surface area contributed by atoms with Gasteiger partial charge in [0.2, 0.25) is 0 Å². The summed E-state index contributed by atoms with van der Waals surface area (Å²) in [6.45, 7) is 2.03. The molecule has 0 saturated carbocycles. The van der Waals surface area contributed by atoms with Crippen LogP contribution in [0.5, 0.6) is 5.75 Å². The molecule has 2 rings (SSSR count). The van der Waals surface area contributed by atoms with E-state index in [-0.39, 0.29) is 0 Å². The van der Waals surface area contributed by atoms with E-state index in [9.17, 15) is 0 Å². The third-order valence-corrected chi connectivity index (χ3v) is 2.78. The van der Waals surface area contributed by atoms with Gasteiger partial charge in [-0.15, -0.1) is 0 Å². The Labute approximate surface area is 94.6 Å². The second-order valence-electron chi connectivity index (χ2n) is 3.72. The van der Waals surface area contributed by atoms with Gasteiger partial charge < -0.3 is 10.5 Å². The van der Waals surface area contributed by atoms with Crippen LogP contribution in [0.2, 0.25) is 0 Å². The minimum Gasteiger partial charge on any atom is -0.495 e. The summed E-state index contributed by atoms with van der Waals surface area (Å²) in [4.78, 5) is 0. The van der Waals surface area contributed by atoms with Crippen LogP contribution in [-0.2, 0) is 7.05 Å². The Balaban J connectivity index is 2.52. The van der Waals surface area contributed by atoms with E-state index in [0.717, 1.165) is 16.8 Å². The summed E-state index contributed by atoms with van der Waals surface area (Å²) in [5.41, 5.74) is 9.70. The third kappa shape index (κ3) is 1.62. The highest BCUT2D eigenvalue weighted by Crippen LogP contribution is 2.30. The monoisotopic (exact) mass is 217 g/mol. The molecule has 0 saturated heterocycles. The number of nitrogens with two attached hydrogens (primary N) is 1. The molecule has 16 heavy (non-hydrogen) atoms. The molecule has 1 aromatic carbocycles. The first-order chi connectivity index (χ1) is 7.63. The van der Waals surface area contributed by atoms with Crippen molar-refractivity contribution in [1.82, 2.24) is 9.78 Å². The first kappa shape index (κ1) is 10.5. The lowest BCUT2D eigenvalue weighted by atomic mass is 10.1. The number of aromatic nitrogens is 2. The summed E-state index contributed by atoms with van der Waals surface area (Å²) >= 11 is 0. The zero-order chi connectivity index (χ0) is 11.7. The highest BCUT2D eigenvalue weighted by atomic mass is 16.5. The van der Waals surface area contributed by atoms with Gasteiger partial charge in [-0.1, -0.05) is 6.07 Å². The maximum absolute atomic E-state index is 5.78. The predicted octanol–water partition coefficient (Wildman–Crippen LogP) is 1.99. The van der Waals surface area contributed by atoms with E-state index in [4.69, 9.17) is 10.5 Å². The van der Waals surface area contributed by atoms with E-state index < -0.39 is 0 Å². The van der Waals surface area contributed by atoms with Crippen LogP contribution in [0.4, 0.5) is 5.69 Å². The van der Waals surface area contributed by atoms with Crippen LogP contribution in [0.15, 0.2) is 24.4 Å². The van der Waals surface area contributed by atoms with Crippen LogP contribution in [0.25, 0.3) is 11.1 Å². The van der Waals surface area contributed by atoms with Crippen molar-refractivity contribution >= 4 is 5.69 Å². The van der Waals surface area contributed by atoms with Crippen molar-refractivity contribution in [2.24, 2.45) is 7.05 Å². The summed E-state index contributed by atoms with van der Waals surface area (Å²) in [7, 11) is 3.54. The van der Waals surface area contributed by atoms with Gasteiger partial charge in [0, 0.05) is 18.3 Å². The predicted molar refractivity (Wildman–Crippen MR) is 64.3 cm³/mol. The summed E-state index contributed by atoms with van der Waals surface area (Å²) in [6.07, 6.45) is 1.85. The second-order valence-corrected chi connectivity index (χ2v) is 3.72. The van der Waals surface area contributed by atoms with Crippen molar-refractivity contribution in [2.75, 3.05) is 12.8 Å². The summed E-state index contributed by atoms with van der Waals surface area (Å²) < 4.78 is 7.05. The van der Waals surface area contributed by atoms with E-state index in [1.54, 1.807) is 7.11 Å². The number of hydrogen-bond donors (Lipinski definition) is 1. The molecule has 1 heterocycles. The highest BCUT2D eigenvalue weighted by molar-refractivity contribution is 5.70. The maximum atomic E-state index is 5.78. The number of nitrogen functional groups attached to an aromatic ring is 1. The standard InChI is InChI=1S/C12H15N3O/c1-8-10(7-14-15(8)2)9-4-5-11(13)12(6-9)16-3/h4-7H,13H2,1-3H3. The molecule has 0 amide bonds. The van der Waals surface area contributed by atoms with E-state index in [0.29, 0.717) is 11.4 Å². The Morgan fingerprint density at radius 3 is 2.69 bits per heavy atom. The van der Waals surface area contributed by atoms with Gasteiger partial charge in [-0.05, 0) is 24.6 Å². The van der Waals surface area contributed by atoms with E-state index in [1.807, 2.05) is 43.0 Å². The van der Waals surface area contributed by atoms with Crippen molar-refractivity contribution in [3.05, 3.63) is 30.1 Å². The van der Waals surface area contributed by atoms with Crippen LogP contribution >= 0.6 is 0 Å². The quantitative estimate of drug-likeness (QED) is 0.783. The Hall–Kier alpha value is -1.97. The summed E-state index contributed by atoms with van der Waals surface area (Å²) in [6, 6.07) is 5.75. The Morgan fingerprint density at radius 1 is 1.38 bits per heavy atom. The Bertz CT molecular complexity index is 517. The average Bonchev–Trinajstić information content (AvgIpc) is 2.61. The molecule has 2 N–H and O–H groups in total. The molecule has 0 unspecified atom stereocenters. The normalized spacial score (nSPS) is 10.4. The number of hydrogen-bond acceptors (Lipinski definition) is 3. The molecule has 0 bridgehead atoms. The van der Waals surface area contributed by atoms with Gasteiger partial charge >= 0.3 is 0 Å². The molecule has 0 atom stereocenters. The topological polar surface area (TPSA) is 53.1 Å². The molecular weight excluding hydrogens is 202 g/mol. The van der Waals surface area contributed by atoms with Crippen LogP contribution in [-0.4, -0.2) is 16.9 Å². The first-order valence-corrected chi connectivity index (χ1v) is 5.06. The van der Waals surface area contributed by atoms with Crippen LogP contribution in [0.1, 0.15) is 5.69 Å². The summed E-state index contributed by atoms with van der Waals surface area (Å²) in [5.74, 6) is 0.695. The minimum atomic E-state index is 0.646. The van der Waals surface area contributed by atoms with Gasteiger partial charge in [0.15, 0.2) is 0 Å². The Kier molecular flexibility index (Phi) is 2.56. The number of ether oxygens (including phenoxy) is 1. The number of rotatable bonds is 2. The number of nitrogens with zero attached hydrogens (tertiary/aromatic N) is 2. The summed E-state index contributed by atoms with van der Waals surface area (Å²) in [5, 5.41) is 4.22. The van der Waals surface area contributed by atoms with Crippen LogP contribution < -0.4 is 10.5 Å². The fraction of sp³-hybridized carbons (Fsp3) is 0.250. The molecule has 0 spiro atoms. The average molecular weight is 217 g/mol. The molecule has 84 valence electrons. The van der Waals surface area contributed by atoms with E-state index in [1.165, 1.54) is 0 Å². The van der Waals surface area contributed by atoms with Crippen molar-refractivity contribution in [3.8, 4) is 16.9 Å². The molecule has 0 aliphatic rings. The zero-order valence-corrected chi connectivity index (χ0v) is 9.69. The molecule has 4 heteroatoms. The Morgan fingerprint density at radius 2 is 2.12 bits per heavy atom. The van der Waals surface area contributed by atoms with Gasteiger partial charge in [-0.25, -0.2) is 0 Å². The van der Waals surface area contributed by atoms with Gasteiger partial charge in [-0.3, -0.25) is 4.68 Å². The fourth-order valence-corrected chi connectivity index (χ4v) is 1.66. The van der Waals surface area contributed by atoms with Crippen molar-refractivity contribution in [1.29, 1.82) is 0 Å². The van der Waals surface area contributed by atoms with Crippen LogP contribution in [0, 0.1) is 6.92 Å². The van der Waals surface area contributed by atoms with Gasteiger partial charge in [0.1, 0.15) is 5.75 Å². The molecule has 2 aromatic rings. The smallest absolute Gasteiger partial charge is 0.142 e. The maximum Gasteiger partial charge on any atom is 0.142 e. The lowest BCUT2D eigenvalue weighted by Crippen LogP contribution is -1.94. The molecule has 0 aliphatic heterocycles. The highest BCUT2D eigenvalue weighted by Gasteiger charge is 2.08. The van der Waals surface area contributed by atoms with Crippen molar-refractivity contribution < 1.29 is 4.74 Å². The first-order valence-electron chi connectivity index (χ1n) is 5.06. The number of methoxy groups -OCH3 is 1. The lowest BCUT2D eigenvalue weighted by molar-refractivity contribution is 0.417. The third-order valence-electron chi connectivity index (χ3n) is 2.78. The van der Waals surface area contributed by atoms with Gasteiger partial charge in [0.25, 0.3) is 0 Å². The second kappa shape index (κ2) is 3.89. The van der Waals surface area contributed by atoms with Gasteiger partial charge in [0.05, 0.1) is 19.0 Å². The molecule has 0 aliphatic carbocycles. The fourth-order valence-electron chi connectivity index (χ4n) is 1.66.